The Hall–Kier alpha value is -0.610. The molecule has 0 aromatic carbocycles. The van der Waals surface area contributed by atoms with Crippen molar-refractivity contribution in [3.63, 3.8) is 0 Å². The highest BCUT2D eigenvalue weighted by molar-refractivity contribution is 5.84. The van der Waals surface area contributed by atoms with Crippen LogP contribution in [0.1, 0.15) is 59.8 Å². The zero-order chi connectivity index (χ0) is 14.5. The summed E-state index contributed by atoms with van der Waals surface area (Å²) in [4.78, 5) is 11.8. The van der Waals surface area contributed by atoms with E-state index in [0.717, 1.165) is 32.3 Å². The van der Waals surface area contributed by atoms with Crippen LogP contribution < -0.4 is 11.1 Å². The van der Waals surface area contributed by atoms with Crippen molar-refractivity contribution in [1.82, 2.24) is 5.32 Å². The van der Waals surface area contributed by atoms with E-state index in [2.05, 4.69) is 19.2 Å². The van der Waals surface area contributed by atoms with Gasteiger partial charge in [-0.15, -0.1) is 0 Å². The Morgan fingerprint density at radius 2 is 2.11 bits per heavy atom. The van der Waals surface area contributed by atoms with Gasteiger partial charge in [0.2, 0.25) is 5.91 Å². The number of primary amides is 1. The fraction of sp³-hybridized carbons (Fsp3) is 0.933. The second-order valence-corrected chi connectivity index (χ2v) is 6.52. The average Bonchev–Trinajstić information content (AvgIpc) is 2.27. The second kappa shape index (κ2) is 7.25. The van der Waals surface area contributed by atoms with Gasteiger partial charge in [-0.25, -0.2) is 0 Å². The number of nitrogens with two attached hydrogens (primary N) is 1. The standard InChI is InChI=1S/C15H30N2O2/c1-11(2)7-9-19-13-6-5-8-15(10-13,14(16)18)17-12(3)4/h11-13,17H,5-10H2,1-4H3,(H2,16,18). The van der Waals surface area contributed by atoms with Gasteiger partial charge < -0.3 is 15.8 Å². The van der Waals surface area contributed by atoms with Crippen molar-refractivity contribution < 1.29 is 9.53 Å². The first-order valence-corrected chi connectivity index (χ1v) is 7.55. The lowest BCUT2D eigenvalue weighted by Crippen LogP contribution is -2.60. The zero-order valence-corrected chi connectivity index (χ0v) is 12.9. The quantitative estimate of drug-likeness (QED) is 0.745. The van der Waals surface area contributed by atoms with E-state index in [4.69, 9.17) is 10.5 Å². The van der Waals surface area contributed by atoms with Crippen LogP contribution in [-0.4, -0.2) is 30.2 Å². The highest BCUT2D eigenvalue weighted by Crippen LogP contribution is 2.30. The maximum atomic E-state index is 11.8. The van der Waals surface area contributed by atoms with E-state index in [1.807, 2.05) is 13.8 Å². The van der Waals surface area contributed by atoms with Gasteiger partial charge in [0.15, 0.2) is 0 Å². The van der Waals surface area contributed by atoms with Gasteiger partial charge in [0.25, 0.3) is 0 Å². The second-order valence-electron chi connectivity index (χ2n) is 6.52. The molecule has 2 atom stereocenters. The van der Waals surface area contributed by atoms with E-state index >= 15 is 0 Å². The number of carbonyl (C=O) groups is 1. The van der Waals surface area contributed by atoms with E-state index in [1.165, 1.54) is 0 Å². The van der Waals surface area contributed by atoms with Crippen molar-refractivity contribution in [2.24, 2.45) is 11.7 Å². The molecule has 1 amide bonds. The first-order valence-electron chi connectivity index (χ1n) is 7.55. The van der Waals surface area contributed by atoms with Gasteiger partial charge in [-0.05, 0) is 45.4 Å². The molecule has 0 heterocycles. The molecular weight excluding hydrogens is 240 g/mol. The number of ether oxygens (including phenoxy) is 1. The van der Waals surface area contributed by atoms with Crippen LogP contribution in [0, 0.1) is 5.92 Å². The Kier molecular flexibility index (Phi) is 6.27. The number of nitrogens with one attached hydrogen (secondary N) is 1. The van der Waals surface area contributed by atoms with Gasteiger partial charge in [0.1, 0.15) is 5.54 Å². The summed E-state index contributed by atoms with van der Waals surface area (Å²) in [5, 5.41) is 3.37. The molecule has 2 unspecified atom stereocenters. The maximum absolute atomic E-state index is 11.8. The highest BCUT2D eigenvalue weighted by atomic mass is 16.5. The van der Waals surface area contributed by atoms with E-state index in [0.29, 0.717) is 12.3 Å². The number of amides is 1. The van der Waals surface area contributed by atoms with Crippen LogP contribution in [0.3, 0.4) is 0 Å². The predicted molar refractivity (Wildman–Crippen MR) is 77.9 cm³/mol. The number of rotatable bonds is 7. The summed E-state index contributed by atoms with van der Waals surface area (Å²) in [6, 6.07) is 0.252. The molecule has 1 fully saturated rings. The summed E-state index contributed by atoms with van der Waals surface area (Å²) < 4.78 is 5.93. The van der Waals surface area contributed by atoms with Gasteiger partial charge >= 0.3 is 0 Å². The van der Waals surface area contributed by atoms with Gasteiger partial charge in [-0.2, -0.15) is 0 Å². The molecule has 0 aromatic rings. The molecule has 19 heavy (non-hydrogen) atoms. The van der Waals surface area contributed by atoms with Crippen LogP contribution in [0.25, 0.3) is 0 Å². The van der Waals surface area contributed by atoms with Crippen LogP contribution in [0.5, 0.6) is 0 Å². The average molecular weight is 270 g/mol. The van der Waals surface area contributed by atoms with Crippen molar-refractivity contribution in [1.29, 1.82) is 0 Å². The summed E-state index contributed by atoms with van der Waals surface area (Å²) in [5.41, 5.74) is 5.06. The minimum Gasteiger partial charge on any atom is -0.378 e. The van der Waals surface area contributed by atoms with Crippen LogP contribution in [0.15, 0.2) is 0 Å². The highest BCUT2D eigenvalue weighted by Gasteiger charge is 2.41. The maximum Gasteiger partial charge on any atom is 0.237 e. The van der Waals surface area contributed by atoms with E-state index in [-0.39, 0.29) is 18.1 Å². The Morgan fingerprint density at radius 3 is 2.63 bits per heavy atom. The van der Waals surface area contributed by atoms with Crippen molar-refractivity contribution in [2.75, 3.05) is 6.61 Å². The Balaban J connectivity index is 2.56. The van der Waals surface area contributed by atoms with E-state index < -0.39 is 5.54 Å². The Morgan fingerprint density at radius 1 is 1.42 bits per heavy atom. The molecule has 112 valence electrons. The molecule has 0 aliphatic heterocycles. The topological polar surface area (TPSA) is 64.3 Å². The smallest absolute Gasteiger partial charge is 0.237 e. The van der Waals surface area contributed by atoms with Gasteiger partial charge in [0, 0.05) is 19.1 Å². The molecular formula is C15H30N2O2. The number of hydrogen-bond donors (Lipinski definition) is 2. The molecule has 0 aromatic heterocycles. The van der Waals surface area contributed by atoms with Crippen LogP contribution in [-0.2, 0) is 9.53 Å². The van der Waals surface area contributed by atoms with E-state index in [1.54, 1.807) is 0 Å². The molecule has 1 saturated carbocycles. The lowest BCUT2D eigenvalue weighted by Gasteiger charge is -2.40. The summed E-state index contributed by atoms with van der Waals surface area (Å²) >= 11 is 0. The van der Waals surface area contributed by atoms with Crippen molar-refractivity contribution >= 4 is 5.91 Å². The molecule has 1 aliphatic carbocycles. The largest absolute Gasteiger partial charge is 0.378 e. The van der Waals surface area contributed by atoms with Crippen molar-refractivity contribution in [2.45, 2.75) is 77.5 Å². The van der Waals surface area contributed by atoms with Crippen LogP contribution in [0.4, 0.5) is 0 Å². The molecule has 1 rings (SSSR count). The number of hydrogen-bond acceptors (Lipinski definition) is 3. The SMILES string of the molecule is CC(C)CCOC1CCCC(NC(C)C)(C(N)=O)C1. The normalized spacial score (nSPS) is 28.0. The van der Waals surface area contributed by atoms with Crippen LogP contribution >= 0.6 is 0 Å². The monoisotopic (exact) mass is 270 g/mol. The third-order valence-corrected chi connectivity index (χ3v) is 3.79. The lowest BCUT2D eigenvalue weighted by atomic mass is 9.79. The summed E-state index contributed by atoms with van der Waals surface area (Å²) in [5.74, 6) is 0.414. The minimum absolute atomic E-state index is 0.159. The predicted octanol–water partition coefficient (Wildman–Crippen LogP) is 2.21. The van der Waals surface area contributed by atoms with Crippen LogP contribution in [0.2, 0.25) is 0 Å². The molecule has 0 spiro atoms. The van der Waals surface area contributed by atoms with Crippen molar-refractivity contribution in [3.8, 4) is 0 Å². The van der Waals surface area contributed by atoms with Gasteiger partial charge in [0.05, 0.1) is 6.10 Å². The molecule has 1 aliphatic rings. The fourth-order valence-corrected chi connectivity index (χ4v) is 2.82. The first-order chi connectivity index (χ1) is 8.85. The lowest BCUT2D eigenvalue weighted by molar-refractivity contribution is -0.129. The van der Waals surface area contributed by atoms with Gasteiger partial charge in [-0.1, -0.05) is 13.8 Å². The summed E-state index contributed by atoms with van der Waals surface area (Å²) in [6.07, 6.45) is 4.79. The zero-order valence-electron chi connectivity index (χ0n) is 12.9. The molecule has 0 radical (unpaired) electrons. The fourth-order valence-electron chi connectivity index (χ4n) is 2.82. The third-order valence-electron chi connectivity index (χ3n) is 3.79. The van der Waals surface area contributed by atoms with Gasteiger partial charge in [-0.3, -0.25) is 4.79 Å². The van der Waals surface area contributed by atoms with Crippen molar-refractivity contribution in [3.05, 3.63) is 0 Å². The summed E-state index contributed by atoms with van der Waals surface area (Å²) in [6.45, 7) is 9.26. The number of carbonyl (C=O) groups excluding carboxylic acids is 1. The molecule has 0 bridgehead atoms. The molecule has 4 nitrogen and oxygen atoms in total. The Labute approximate surface area is 117 Å². The molecule has 0 saturated heterocycles. The molecule has 4 heteroatoms. The summed E-state index contributed by atoms with van der Waals surface area (Å²) in [7, 11) is 0. The minimum atomic E-state index is -0.574. The third kappa shape index (κ3) is 5.11. The van der Waals surface area contributed by atoms with E-state index in [9.17, 15) is 4.79 Å². The molecule has 3 N–H and O–H groups in total. The first kappa shape index (κ1) is 16.4. The Bertz CT molecular complexity index is 292.